The summed E-state index contributed by atoms with van der Waals surface area (Å²) in [6.07, 6.45) is 2.92. The fraction of sp³-hybridized carbons (Fsp3) is 0.923. The monoisotopic (exact) mass is 227 g/mol. The van der Waals surface area contributed by atoms with Gasteiger partial charge in [-0.3, -0.25) is 0 Å². The van der Waals surface area contributed by atoms with E-state index in [9.17, 15) is 15.0 Å². The number of carboxylic acid groups (broad SMARTS) is 1. The Morgan fingerprint density at radius 3 is 2.44 bits per heavy atom. The van der Waals surface area contributed by atoms with E-state index in [1.807, 2.05) is 0 Å². The zero-order valence-corrected chi connectivity index (χ0v) is 10.7. The van der Waals surface area contributed by atoms with Crippen molar-refractivity contribution in [2.45, 2.75) is 52.6 Å². The average Bonchev–Trinajstić information content (AvgIpc) is 2.16. The number of aliphatic carboxylic acids is 1. The molecule has 1 rings (SSSR count). The van der Waals surface area contributed by atoms with Crippen LogP contribution in [0.15, 0.2) is 0 Å². The van der Waals surface area contributed by atoms with Crippen LogP contribution >= 0.6 is 0 Å². The van der Waals surface area contributed by atoms with E-state index in [4.69, 9.17) is 0 Å². The molecule has 3 heteroatoms. The maximum Gasteiger partial charge on any atom is 0.104 e. The van der Waals surface area contributed by atoms with Crippen molar-refractivity contribution in [3.05, 3.63) is 0 Å². The Labute approximate surface area is 97.9 Å². The topological polar surface area (TPSA) is 60.4 Å². The van der Waals surface area contributed by atoms with Crippen LogP contribution in [-0.4, -0.2) is 16.7 Å². The van der Waals surface area contributed by atoms with Crippen molar-refractivity contribution in [2.75, 3.05) is 0 Å². The van der Waals surface area contributed by atoms with Crippen LogP contribution in [0.5, 0.6) is 0 Å². The van der Waals surface area contributed by atoms with Crippen molar-refractivity contribution < 1.29 is 15.0 Å². The van der Waals surface area contributed by atoms with Crippen molar-refractivity contribution in [2.24, 2.45) is 23.7 Å². The summed E-state index contributed by atoms with van der Waals surface area (Å²) in [5.74, 6) is -0.336. The van der Waals surface area contributed by atoms with Crippen molar-refractivity contribution >= 4 is 5.97 Å². The molecule has 1 aliphatic rings. The van der Waals surface area contributed by atoms with Gasteiger partial charge in [0.2, 0.25) is 0 Å². The minimum absolute atomic E-state index is 0.179. The van der Waals surface area contributed by atoms with Gasteiger partial charge in [-0.2, -0.15) is 0 Å². The first-order valence-corrected chi connectivity index (χ1v) is 6.20. The second-order valence-electron chi connectivity index (χ2n) is 5.87. The molecule has 0 aliphatic heterocycles. The second kappa shape index (κ2) is 4.74. The Bertz CT molecular complexity index is 258. The van der Waals surface area contributed by atoms with Gasteiger partial charge in [0.05, 0.1) is 5.97 Å². The molecule has 4 atom stereocenters. The molecule has 0 heterocycles. The summed E-state index contributed by atoms with van der Waals surface area (Å²) in [6, 6.07) is 0. The lowest BCUT2D eigenvalue weighted by Gasteiger charge is -2.45. The highest BCUT2D eigenvalue weighted by Crippen LogP contribution is 2.43. The highest BCUT2D eigenvalue weighted by Gasteiger charge is 2.42. The second-order valence-corrected chi connectivity index (χ2v) is 5.87. The van der Waals surface area contributed by atoms with E-state index in [2.05, 4.69) is 20.8 Å². The largest absolute Gasteiger partial charge is 0.547 e. The number of carbonyl (C=O) groups excluding carboxylic acids is 1. The SMILES string of the molecule is CC1CCC(C(C)C)C(C(C)(O)C(=O)[O-])C1. The van der Waals surface area contributed by atoms with Crippen LogP contribution in [0.3, 0.4) is 0 Å². The van der Waals surface area contributed by atoms with Gasteiger partial charge in [0.1, 0.15) is 5.60 Å². The van der Waals surface area contributed by atoms with E-state index < -0.39 is 11.6 Å². The molecule has 0 bridgehead atoms. The van der Waals surface area contributed by atoms with Gasteiger partial charge in [0.15, 0.2) is 0 Å². The third kappa shape index (κ3) is 2.57. The molecule has 1 saturated carbocycles. The van der Waals surface area contributed by atoms with E-state index in [1.54, 1.807) is 0 Å². The van der Waals surface area contributed by atoms with Gasteiger partial charge in [-0.05, 0) is 43.4 Å². The fourth-order valence-electron chi connectivity index (χ4n) is 3.00. The third-order valence-corrected chi connectivity index (χ3v) is 4.16. The fourth-order valence-corrected chi connectivity index (χ4v) is 3.00. The summed E-state index contributed by atoms with van der Waals surface area (Å²) in [4.78, 5) is 11.0. The molecule has 1 aliphatic carbocycles. The summed E-state index contributed by atoms with van der Waals surface area (Å²) < 4.78 is 0. The summed E-state index contributed by atoms with van der Waals surface area (Å²) in [5.41, 5.74) is -1.69. The Balaban J connectivity index is 2.91. The standard InChI is InChI=1S/C13H24O3/c1-8(2)10-6-5-9(3)7-11(10)13(4,16)12(14)15/h8-11,16H,5-7H2,1-4H3,(H,14,15)/p-1. The first kappa shape index (κ1) is 13.5. The number of hydrogen-bond acceptors (Lipinski definition) is 3. The predicted molar refractivity (Wildman–Crippen MR) is 60.5 cm³/mol. The lowest BCUT2D eigenvalue weighted by Crippen LogP contribution is -2.55. The summed E-state index contributed by atoms with van der Waals surface area (Å²) >= 11 is 0. The lowest BCUT2D eigenvalue weighted by atomic mass is 9.64. The molecular weight excluding hydrogens is 204 g/mol. The molecule has 0 aromatic heterocycles. The Hall–Kier alpha value is -0.570. The Morgan fingerprint density at radius 2 is 2.00 bits per heavy atom. The molecule has 16 heavy (non-hydrogen) atoms. The molecule has 0 amide bonds. The number of aliphatic hydroxyl groups is 1. The zero-order chi connectivity index (χ0) is 12.5. The van der Waals surface area contributed by atoms with Crippen LogP contribution in [0, 0.1) is 23.7 Å². The van der Waals surface area contributed by atoms with E-state index in [0.29, 0.717) is 11.8 Å². The van der Waals surface area contributed by atoms with Crippen LogP contribution < -0.4 is 5.11 Å². The van der Waals surface area contributed by atoms with Gasteiger partial charge < -0.3 is 15.0 Å². The summed E-state index contributed by atoms with van der Waals surface area (Å²) in [6.45, 7) is 7.70. The van der Waals surface area contributed by atoms with E-state index in [0.717, 1.165) is 19.3 Å². The highest BCUT2D eigenvalue weighted by molar-refractivity contribution is 5.74. The quantitative estimate of drug-likeness (QED) is 0.788. The maximum absolute atomic E-state index is 11.0. The van der Waals surface area contributed by atoms with E-state index >= 15 is 0 Å². The summed E-state index contributed by atoms with van der Waals surface area (Å²) in [7, 11) is 0. The predicted octanol–water partition coefficient (Wildman–Crippen LogP) is 1.20. The highest BCUT2D eigenvalue weighted by atomic mass is 16.4. The van der Waals surface area contributed by atoms with Gasteiger partial charge in [0.25, 0.3) is 0 Å². The first-order valence-electron chi connectivity index (χ1n) is 6.20. The molecule has 1 fully saturated rings. The molecule has 0 radical (unpaired) electrons. The first-order chi connectivity index (χ1) is 7.26. The summed E-state index contributed by atoms with van der Waals surface area (Å²) in [5, 5.41) is 21.1. The van der Waals surface area contributed by atoms with E-state index in [-0.39, 0.29) is 11.8 Å². The Morgan fingerprint density at radius 1 is 1.44 bits per heavy atom. The maximum atomic E-state index is 11.0. The number of carboxylic acids is 1. The smallest absolute Gasteiger partial charge is 0.104 e. The Kier molecular flexibility index (Phi) is 4.00. The normalized spacial score (nSPS) is 34.8. The van der Waals surface area contributed by atoms with Gasteiger partial charge in [-0.15, -0.1) is 0 Å². The van der Waals surface area contributed by atoms with Crippen LogP contribution in [0.25, 0.3) is 0 Å². The average molecular weight is 227 g/mol. The molecular formula is C13H23O3-. The van der Waals surface area contributed by atoms with Gasteiger partial charge >= 0.3 is 0 Å². The minimum atomic E-state index is -1.69. The molecule has 1 N–H and O–H groups in total. The number of hydrogen-bond donors (Lipinski definition) is 1. The van der Waals surface area contributed by atoms with Crippen molar-refractivity contribution in [1.29, 1.82) is 0 Å². The molecule has 0 aromatic rings. The molecule has 94 valence electrons. The minimum Gasteiger partial charge on any atom is -0.547 e. The van der Waals surface area contributed by atoms with E-state index in [1.165, 1.54) is 6.92 Å². The van der Waals surface area contributed by atoms with Gasteiger partial charge in [0, 0.05) is 0 Å². The molecule has 4 unspecified atom stereocenters. The van der Waals surface area contributed by atoms with Crippen molar-refractivity contribution in [3.8, 4) is 0 Å². The number of rotatable bonds is 3. The lowest BCUT2D eigenvalue weighted by molar-refractivity contribution is -0.329. The molecule has 3 nitrogen and oxygen atoms in total. The molecule has 0 saturated heterocycles. The van der Waals surface area contributed by atoms with Gasteiger partial charge in [-0.1, -0.05) is 27.2 Å². The van der Waals surface area contributed by atoms with Crippen LogP contribution in [0.2, 0.25) is 0 Å². The van der Waals surface area contributed by atoms with Crippen LogP contribution in [-0.2, 0) is 4.79 Å². The van der Waals surface area contributed by atoms with Crippen LogP contribution in [0.1, 0.15) is 47.0 Å². The third-order valence-electron chi connectivity index (χ3n) is 4.16. The van der Waals surface area contributed by atoms with Crippen LogP contribution in [0.4, 0.5) is 0 Å². The number of carbonyl (C=O) groups is 1. The molecule has 0 spiro atoms. The molecule has 0 aromatic carbocycles. The van der Waals surface area contributed by atoms with Gasteiger partial charge in [-0.25, -0.2) is 0 Å². The zero-order valence-electron chi connectivity index (χ0n) is 10.7. The van der Waals surface area contributed by atoms with Crippen molar-refractivity contribution in [3.63, 3.8) is 0 Å². The van der Waals surface area contributed by atoms with Crippen molar-refractivity contribution in [1.82, 2.24) is 0 Å².